The summed E-state index contributed by atoms with van der Waals surface area (Å²) in [5, 5.41) is 10.3. The van der Waals surface area contributed by atoms with E-state index in [4.69, 9.17) is 9.47 Å². The first-order valence-corrected chi connectivity index (χ1v) is 6.13. The van der Waals surface area contributed by atoms with Crippen molar-refractivity contribution in [3.05, 3.63) is 0 Å². The van der Waals surface area contributed by atoms with Crippen molar-refractivity contribution in [2.24, 2.45) is 0 Å². The van der Waals surface area contributed by atoms with E-state index < -0.39 is 5.60 Å². The summed E-state index contributed by atoms with van der Waals surface area (Å²) in [5.41, 5.74) is -0.471. The Morgan fingerprint density at radius 2 is 1.56 bits per heavy atom. The predicted molar refractivity (Wildman–Crippen MR) is 63.6 cm³/mol. The van der Waals surface area contributed by atoms with Gasteiger partial charge in [-0.2, -0.15) is 0 Å². The molecule has 1 saturated carbocycles. The molecule has 16 heavy (non-hydrogen) atoms. The highest BCUT2D eigenvalue weighted by molar-refractivity contribution is 4.87. The Labute approximate surface area is 98.5 Å². The molecule has 1 aliphatic rings. The van der Waals surface area contributed by atoms with Crippen LogP contribution >= 0.6 is 0 Å². The van der Waals surface area contributed by atoms with Gasteiger partial charge in [0.2, 0.25) is 0 Å². The Morgan fingerprint density at radius 3 is 2.00 bits per heavy atom. The lowest BCUT2D eigenvalue weighted by Gasteiger charge is -2.31. The van der Waals surface area contributed by atoms with Crippen molar-refractivity contribution >= 4 is 0 Å². The Hall–Kier alpha value is -0.160. The van der Waals surface area contributed by atoms with Gasteiger partial charge < -0.3 is 14.6 Å². The van der Waals surface area contributed by atoms with Gasteiger partial charge in [0.1, 0.15) is 0 Å². The number of aliphatic hydroxyl groups is 1. The van der Waals surface area contributed by atoms with Crippen molar-refractivity contribution < 1.29 is 14.6 Å². The minimum atomic E-state index is -0.471. The van der Waals surface area contributed by atoms with E-state index in [9.17, 15) is 5.11 Å². The minimum Gasteiger partial charge on any atom is -0.389 e. The van der Waals surface area contributed by atoms with Crippen LogP contribution in [0.2, 0.25) is 0 Å². The number of nitrogens with zero attached hydrogens (tertiary/aromatic N) is 1. The maximum absolute atomic E-state index is 10.3. The van der Waals surface area contributed by atoms with E-state index in [1.54, 1.807) is 14.2 Å². The lowest BCUT2D eigenvalue weighted by molar-refractivity contribution is -0.00288. The largest absolute Gasteiger partial charge is 0.389 e. The van der Waals surface area contributed by atoms with Crippen LogP contribution in [0.15, 0.2) is 0 Å². The molecule has 0 radical (unpaired) electrons. The lowest BCUT2D eigenvalue weighted by atomic mass is 10.0. The minimum absolute atomic E-state index is 0.471. The molecule has 0 saturated heterocycles. The molecular formula is C12H25NO3. The van der Waals surface area contributed by atoms with Crippen molar-refractivity contribution in [2.75, 3.05) is 47.1 Å². The van der Waals surface area contributed by atoms with Crippen molar-refractivity contribution in [1.82, 2.24) is 4.90 Å². The Morgan fingerprint density at radius 1 is 1.06 bits per heavy atom. The molecule has 0 aliphatic heterocycles. The molecule has 96 valence electrons. The van der Waals surface area contributed by atoms with Crippen LogP contribution in [-0.4, -0.2) is 62.7 Å². The van der Waals surface area contributed by atoms with Crippen LogP contribution in [0.4, 0.5) is 0 Å². The van der Waals surface area contributed by atoms with Crippen LogP contribution in [0.1, 0.15) is 25.7 Å². The predicted octanol–water partition coefficient (Wildman–Crippen LogP) is 0.886. The Bertz CT molecular complexity index is 173. The summed E-state index contributed by atoms with van der Waals surface area (Å²) >= 11 is 0. The second kappa shape index (κ2) is 7.22. The van der Waals surface area contributed by atoms with Crippen LogP contribution in [0.5, 0.6) is 0 Å². The number of hydrogen-bond donors (Lipinski definition) is 1. The lowest BCUT2D eigenvalue weighted by Crippen LogP contribution is -2.43. The van der Waals surface area contributed by atoms with Gasteiger partial charge >= 0.3 is 0 Å². The van der Waals surface area contributed by atoms with Gasteiger partial charge in [-0.25, -0.2) is 0 Å². The molecule has 0 unspecified atom stereocenters. The fourth-order valence-corrected chi connectivity index (χ4v) is 2.32. The standard InChI is InChI=1S/C12H25NO3/c1-15-9-7-13(8-10-16-2)11-12(14)5-3-4-6-12/h14H,3-11H2,1-2H3. The molecular weight excluding hydrogens is 206 g/mol. The van der Waals surface area contributed by atoms with Gasteiger partial charge in [-0.1, -0.05) is 12.8 Å². The van der Waals surface area contributed by atoms with E-state index in [-0.39, 0.29) is 0 Å². The number of methoxy groups -OCH3 is 2. The average molecular weight is 231 g/mol. The zero-order chi connectivity index (χ0) is 11.9. The molecule has 0 spiro atoms. The fraction of sp³-hybridized carbons (Fsp3) is 1.00. The van der Waals surface area contributed by atoms with Gasteiger partial charge in [0, 0.05) is 33.9 Å². The molecule has 0 atom stereocenters. The summed E-state index contributed by atoms with van der Waals surface area (Å²) in [5.74, 6) is 0. The maximum atomic E-state index is 10.3. The van der Waals surface area contributed by atoms with Gasteiger partial charge in [-0.15, -0.1) is 0 Å². The van der Waals surface area contributed by atoms with Crippen molar-refractivity contribution in [3.63, 3.8) is 0 Å². The summed E-state index contributed by atoms with van der Waals surface area (Å²) in [4.78, 5) is 2.23. The first-order chi connectivity index (χ1) is 7.70. The second-order valence-electron chi connectivity index (χ2n) is 4.69. The summed E-state index contributed by atoms with van der Waals surface area (Å²) in [6.07, 6.45) is 4.17. The van der Waals surface area contributed by atoms with Crippen molar-refractivity contribution in [1.29, 1.82) is 0 Å². The third-order valence-corrected chi connectivity index (χ3v) is 3.28. The second-order valence-corrected chi connectivity index (χ2v) is 4.69. The van der Waals surface area contributed by atoms with Gasteiger partial charge in [0.25, 0.3) is 0 Å². The molecule has 0 bridgehead atoms. The van der Waals surface area contributed by atoms with E-state index in [0.29, 0.717) is 13.2 Å². The molecule has 0 aromatic rings. The molecule has 1 aliphatic carbocycles. The van der Waals surface area contributed by atoms with Crippen molar-refractivity contribution in [3.8, 4) is 0 Å². The monoisotopic (exact) mass is 231 g/mol. The fourth-order valence-electron chi connectivity index (χ4n) is 2.32. The topological polar surface area (TPSA) is 41.9 Å². The zero-order valence-electron chi connectivity index (χ0n) is 10.6. The maximum Gasteiger partial charge on any atom is 0.0774 e. The highest BCUT2D eigenvalue weighted by Crippen LogP contribution is 2.30. The smallest absolute Gasteiger partial charge is 0.0774 e. The summed E-state index contributed by atoms with van der Waals surface area (Å²) in [7, 11) is 3.41. The van der Waals surface area contributed by atoms with Crippen LogP contribution in [0, 0.1) is 0 Å². The van der Waals surface area contributed by atoms with Crippen LogP contribution in [-0.2, 0) is 9.47 Å². The average Bonchev–Trinajstić information content (AvgIpc) is 2.69. The van der Waals surface area contributed by atoms with E-state index in [1.807, 2.05) is 0 Å². The molecule has 1 N–H and O–H groups in total. The molecule has 1 fully saturated rings. The van der Waals surface area contributed by atoms with Gasteiger partial charge in [-0.3, -0.25) is 4.90 Å². The number of rotatable bonds is 8. The number of ether oxygens (including phenoxy) is 2. The molecule has 0 heterocycles. The van der Waals surface area contributed by atoms with Gasteiger partial charge in [0.05, 0.1) is 18.8 Å². The first-order valence-electron chi connectivity index (χ1n) is 6.13. The summed E-state index contributed by atoms with van der Waals surface area (Å²) < 4.78 is 10.2. The molecule has 0 aromatic carbocycles. The van der Waals surface area contributed by atoms with E-state index in [2.05, 4.69) is 4.90 Å². The Kier molecular flexibility index (Phi) is 6.28. The van der Waals surface area contributed by atoms with Crippen LogP contribution < -0.4 is 0 Å². The zero-order valence-corrected chi connectivity index (χ0v) is 10.6. The molecule has 0 amide bonds. The van der Waals surface area contributed by atoms with E-state index in [0.717, 1.165) is 45.3 Å². The summed E-state index contributed by atoms with van der Waals surface area (Å²) in [6.45, 7) is 3.89. The molecule has 1 rings (SSSR count). The van der Waals surface area contributed by atoms with Gasteiger partial charge in [-0.05, 0) is 12.8 Å². The highest BCUT2D eigenvalue weighted by atomic mass is 16.5. The SMILES string of the molecule is COCCN(CCOC)CC1(O)CCCC1. The molecule has 4 nitrogen and oxygen atoms in total. The Balaban J connectivity index is 2.34. The normalized spacial score (nSPS) is 19.5. The third-order valence-electron chi connectivity index (χ3n) is 3.28. The third kappa shape index (κ3) is 4.78. The van der Waals surface area contributed by atoms with Crippen molar-refractivity contribution in [2.45, 2.75) is 31.3 Å². The molecule has 4 heteroatoms. The first kappa shape index (κ1) is 13.9. The van der Waals surface area contributed by atoms with Gasteiger partial charge in [0.15, 0.2) is 0 Å². The number of hydrogen-bond acceptors (Lipinski definition) is 4. The summed E-state index contributed by atoms with van der Waals surface area (Å²) in [6, 6.07) is 0. The molecule has 0 aromatic heterocycles. The highest BCUT2D eigenvalue weighted by Gasteiger charge is 2.32. The van der Waals surface area contributed by atoms with Crippen LogP contribution in [0.25, 0.3) is 0 Å². The van der Waals surface area contributed by atoms with E-state index >= 15 is 0 Å². The quantitative estimate of drug-likeness (QED) is 0.673. The van der Waals surface area contributed by atoms with Crippen LogP contribution in [0.3, 0.4) is 0 Å². The van der Waals surface area contributed by atoms with E-state index in [1.165, 1.54) is 0 Å².